The lowest BCUT2D eigenvalue weighted by Crippen LogP contribution is -2.06. The van der Waals surface area contributed by atoms with Crippen LogP contribution in [0.15, 0.2) is 28.7 Å². The summed E-state index contributed by atoms with van der Waals surface area (Å²) in [7, 11) is 0. The number of benzene rings is 1. The molecule has 0 amide bonds. The van der Waals surface area contributed by atoms with Crippen LogP contribution in [0.5, 0.6) is 0 Å². The van der Waals surface area contributed by atoms with Crippen LogP contribution in [-0.2, 0) is 12.6 Å². The first-order chi connectivity index (χ1) is 9.34. The first-order valence-corrected chi connectivity index (χ1v) is 5.74. The molecule has 0 spiro atoms. The van der Waals surface area contributed by atoms with Crippen molar-refractivity contribution >= 4 is 5.97 Å². The number of aromatic nitrogens is 1. The van der Waals surface area contributed by atoms with E-state index in [9.17, 15) is 18.0 Å². The van der Waals surface area contributed by atoms with Gasteiger partial charge < -0.3 is 9.52 Å². The van der Waals surface area contributed by atoms with Crippen LogP contribution in [0.2, 0.25) is 0 Å². The van der Waals surface area contributed by atoms with Gasteiger partial charge >= 0.3 is 12.1 Å². The number of nitrogens with zero attached hydrogens (tertiary/aromatic N) is 1. The normalized spacial score (nSPS) is 11.6. The number of aromatic carboxylic acids is 1. The van der Waals surface area contributed by atoms with E-state index in [-0.39, 0.29) is 23.6 Å². The fraction of sp³-hybridized carbons (Fsp3) is 0.231. The summed E-state index contributed by atoms with van der Waals surface area (Å²) in [6.07, 6.45) is -4.32. The van der Waals surface area contributed by atoms with Gasteiger partial charge in [-0.05, 0) is 18.6 Å². The maximum Gasteiger partial charge on any atom is 0.417 e. The van der Waals surface area contributed by atoms with E-state index in [1.54, 1.807) is 6.92 Å². The Labute approximate surface area is 111 Å². The summed E-state index contributed by atoms with van der Waals surface area (Å²) in [4.78, 5) is 14.8. The monoisotopic (exact) mass is 285 g/mol. The summed E-state index contributed by atoms with van der Waals surface area (Å²) in [5, 5.41) is 8.93. The summed E-state index contributed by atoms with van der Waals surface area (Å²) in [6.45, 7) is 1.64. The van der Waals surface area contributed by atoms with Crippen molar-refractivity contribution in [3.05, 3.63) is 41.3 Å². The molecule has 0 bridgehead atoms. The average Bonchev–Trinajstić information content (AvgIpc) is 2.82. The highest BCUT2D eigenvalue weighted by Crippen LogP contribution is 2.37. The predicted octanol–water partition coefficient (Wildman–Crippen LogP) is 3.62. The average molecular weight is 285 g/mol. The predicted molar refractivity (Wildman–Crippen MR) is 63.3 cm³/mol. The molecule has 0 aliphatic heterocycles. The van der Waals surface area contributed by atoms with Crippen LogP contribution in [0.25, 0.3) is 11.5 Å². The Morgan fingerprint density at radius 2 is 2.00 bits per heavy atom. The van der Waals surface area contributed by atoms with Crippen molar-refractivity contribution in [1.29, 1.82) is 0 Å². The van der Waals surface area contributed by atoms with Crippen LogP contribution in [0, 0.1) is 0 Å². The molecule has 0 fully saturated rings. The van der Waals surface area contributed by atoms with Crippen molar-refractivity contribution in [1.82, 2.24) is 4.98 Å². The minimum absolute atomic E-state index is 0.115. The zero-order chi connectivity index (χ0) is 14.9. The van der Waals surface area contributed by atoms with Gasteiger partial charge in [-0.2, -0.15) is 13.2 Å². The van der Waals surface area contributed by atoms with Crippen molar-refractivity contribution in [3.63, 3.8) is 0 Å². The summed E-state index contributed by atoms with van der Waals surface area (Å²) in [6, 6.07) is 4.74. The maximum absolute atomic E-state index is 12.9. The number of hydrogen-bond acceptors (Lipinski definition) is 3. The molecule has 1 heterocycles. The van der Waals surface area contributed by atoms with Gasteiger partial charge in [-0.25, -0.2) is 9.78 Å². The number of halogens is 3. The molecule has 20 heavy (non-hydrogen) atoms. The molecule has 0 radical (unpaired) electrons. The number of alkyl halides is 3. The van der Waals surface area contributed by atoms with E-state index in [0.717, 1.165) is 6.07 Å². The Hall–Kier alpha value is -2.31. The molecule has 2 aromatic rings. The number of aryl methyl sites for hydroxylation is 1. The topological polar surface area (TPSA) is 63.3 Å². The molecule has 0 aliphatic rings. The second kappa shape index (κ2) is 4.99. The van der Waals surface area contributed by atoms with Gasteiger partial charge in [0.15, 0.2) is 0 Å². The van der Waals surface area contributed by atoms with E-state index >= 15 is 0 Å². The maximum atomic E-state index is 12.9. The summed E-state index contributed by atoms with van der Waals surface area (Å²) >= 11 is 0. The van der Waals surface area contributed by atoms with E-state index < -0.39 is 23.5 Å². The van der Waals surface area contributed by atoms with E-state index in [2.05, 4.69) is 4.98 Å². The van der Waals surface area contributed by atoms with Crippen molar-refractivity contribution in [3.8, 4) is 11.5 Å². The second-order valence-electron chi connectivity index (χ2n) is 4.00. The van der Waals surface area contributed by atoms with Crippen LogP contribution in [0.1, 0.15) is 28.7 Å². The SMILES string of the molecule is CCc1nc(-c2ccccc2C(F)(F)F)oc1C(=O)O. The molecule has 0 saturated carbocycles. The lowest BCUT2D eigenvalue weighted by molar-refractivity contribution is -0.137. The summed E-state index contributed by atoms with van der Waals surface area (Å²) < 4.78 is 43.7. The van der Waals surface area contributed by atoms with Crippen molar-refractivity contribution in [2.45, 2.75) is 19.5 Å². The van der Waals surface area contributed by atoms with E-state index in [4.69, 9.17) is 9.52 Å². The third-order valence-electron chi connectivity index (χ3n) is 2.69. The highest BCUT2D eigenvalue weighted by molar-refractivity contribution is 5.86. The molecule has 0 saturated heterocycles. The highest BCUT2D eigenvalue weighted by atomic mass is 19.4. The van der Waals surface area contributed by atoms with Gasteiger partial charge in [0.1, 0.15) is 0 Å². The fourth-order valence-electron chi connectivity index (χ4n) is 1.79. The van der Waals surface area contributed by atoms with Crippen LogP contribution in [0.4, 0.5) is 13.2 Å². The van der Waals surface area contributed by atoms with Crippen LogP contribution >= 0.6 is 0 Å². The largest absolute Gasteiger partial charge is 0.475 e. The van der Waals surface area contributed by atoms with Gasteiger partial charge in [0.25, 0.3) is 0 Å². The first-order valence-electron chi connectivity index (χ1n) is 5.74. The molecule has 2 rings (SSSR count). The molecule has 0 aliphatic carbocycles. The Balaban J connectivity index is 2.61. The van der Waals surface area contributed by atoms with Gasteiger partial charge in [-0.1, -0.05) is 19.1 Å². The lowest BCUT2D eigenvalue weighted by Gasteiger charge is -2.09. The van der Waals surface area contributed by atoms with E-state index in [1.165, 1.54) is 18.2 Å². The minimum Gasteiger partial charge on any atom is -0.475 e. The third kappa shape index (κ3) is 2.52. The number of carbonyl (C=O) groups is 1. The molecule has 0 atom stereocenters. The number of rotatable bonds is 3. The third-order valence-corrected chi connectivity index (χ3v) is 2.69. The Morgan fingerprint density at radius 3 is 2.50 bits per heavy atom. The Kier molecular flexibility index (Phi) is 3.52. The van der Waals surface area contributed by atoms with Gasteiger partial charge in [-0.15, -0.1) is 0 Å². The molecule has 1 aromatic carbocycles. The molecular weight excluding hydrogens is 275 g/mol. The van der Waals surface area contributed by atoms with Crippen LogP contribution < -0.4 is 0 Å². The minimum atomic E-state index is -4.57. The van der Waals surface area contributed by atoms with Crippen molar-refractivity contribution in [2.24, 2.45) is 0 Å². The van der Waals surface area contributed by atoms with Crippen LogP contribution in [-0.4, -0.2) is 16.1 Å². The zero-order valence-corrected chi connectivity index (χ0v) is 10.4. The molecule has 7 heteroatoms. The highest BCUT2D eigenvalue weighted by Gasteiger charge is 2.35. The quantitative estimate of drug-likeness (QED) is 0.935. The first kappa shape index (κ1) is 14.1. The number of oxazole rings is 1. The van der Waals surface area contributed by atoms with Gasteiger partial charge in [-0.3, -0.25) is 0 Å². The Morgan fingerprint density at radius 1 is 1.35 bits per heavy atom. The molecule has 4 nitrogen and oxygen atoms in total. The smallest absolute Gasteiger partial charge is 0.417 e. The molecule has 1 N–H and O–H groups in total. The zero-order valence-electron chi connectivity index (χ0n) is 10.4. The van der Waals surface area contributed by atoms with Crippen LogP contribution in [0.3, 0.4) is 0 Å². The van der Waals surface area contributed by atoms with E-state index in [1.807, 2.05) is 0 Å². The number of carboxylic acids is 1. The van der Waals surface area contributed by atoms with Gasteiger partial charge in [0.2, 0.25) is 11.7 Å². The number of carboxylic acid groups (broad SMARTS) is 1. The summed E-state index contributed by atoms with van der Waals surface area (Å²) in [5.74, 6) is -2.13. The van der Waals surface area contributed by atoms with Crippen molar-refractivity contribution < 1.29 is 27.5 Å². The molecule has 1 aromatic heterocycles. The summed E-state index contributed by atoms with van der Waals surface area (Å²) in [5.41, 5.74) is -1.08. The second-order valence-corrected chi connectivity index (χ2v) is 4.00. The van der Waals surface area contributed by atoms with E-state index in [0.29, 0.717) is 0 Å². The fourth-order valence-corrected chi connectivity index (χ4v) is 1.79. The standard InChI is InChI=1S/C13H10F3NO3/c1-2-9-10(12(18)19)20-11(17-9)7-5-3-4-6-8(7)13(14,15)16/h3-6H,2H2,1H3,(H,18,19). The van der Waals surface area contributed by atoms with Gasteiger partial charge in [0, 0.05) is 5.56 Å². The van der Waals surface area contributed by atoms with Crippen molar-refractivity contribution in [2.75, 3.05) is 0 Å². The van der Waals surface area contributed by atoms with Gasteiger partial charge in [0.05, 0.1) is 11.3 Å². The molecule has 106 valence electrons. The lowest BCUT2D eigenvalue weighted by atomic mass is 10.1. The molecule has 0 unspecified atom stereocenters. The molecular formula is C13H10F3NO3. The number of hydrogen-bond donors (Lipinski definition) is 1. The Bertz CT molecular complexity index is 647.